The van der Waals surface area contributed by atoms with Crippen LogP contribution in [-0.2, 0) is 4.74 Å². The first kappa shape index (κ1) is 17.8. The van der Waals surface area contributed by atoms with Gasteiger partial charge in [-0.2, -0.15) is 5.10 Å². The molecule has 2 aromatic rings. The second-order valence-electron chi connectivity index (χ2n) is 6.25. The van der Waals surface area contributed by atoms with Crippen molar-refractivity contribution in [2.75, 3.05) is 12.3 Å². The lowest BCUT2D eigenvalue weighted by molar-refractivity contribution is 0.0950. The highest BCUT2D eigenvalue weighted by Crippen LogP contribution is 2.30. The Balaban J connectivity index is 1.93. The van der Waals surface area contributed by atoms with E-state index in [1.54, 1.807) is 26.0 Å². The summed E-state index contributed by atoms with van der Waals surface area (Å²) < 4.78 is 11.4. The number of aryl methyl sites for hydroxylation is 2. The van der Waals surface area contributed by atoms with E-state index in [9.17, 15) is 9.59 Å². The van der Waals surface area contributed by atoms with Crippen LogP contribution >= 0.6 is 0 Å². The van der Waals surface area contributed by atoms with Gasteiger partial charge in [-0.25, -0.2) is 9.48 Å². The third kappa shape index (κ3) is 3.63. The molecule has 1 aromatic heterocycles. The molecular weight excluding hydrogens is 336 g/mol. The second kappa shape index (κ2) is 7.07. The van der Waals surface area contributed by atoms with Gasteiger partial charge in [0.1, 0.15) is 5.69 Å². The van der Waals surface area contributed by atoms with Crippen LogP contribution in [0.15, 0.2) is 18.2 Å². The van der Waals surface area contributed by atoms with E-state index in [0.29, 0.717) is 16.9 Å². The first-order valence-electron chi connectivity index (χ1n) is 8.52. The maximum Gasteiger partial charge on any atom is 0.514 e. The van der Waals surface area contributed by atoms with Crippen molar-refractivity contribution < 1.29 is 19.1 Å². The minimum atomic E-state index is -0.837. The number of benzene rings is 1. The van der Waals surface area contributed by atoms with Crippen molar-refractivity contribution in [1.29, 1.82) is 0 Å². The Morgan fingerprint density at radius 2 is 2.08 bits per heavy atom. The molecule has 0 spiro atoms. The van der Waals surface area contributed by atoms with Crippen LogP contribution in [-0.4, -0.2) is 34.5 Å². The standard InChI is InChI=1S/C18H22N4O4/c1-4-25-18(24)26-15-11(3)21-22(16(15)19)14-9-12(6-5-10(14)2)17(23)20-13-7-8-13/h5-6,9,13H,4,7-8,19H2,1-3H3,(H,20,23). The van der Waals surface area contributed by atoms with E-state index in [2.05, 4.69) is 10.4 Å². The zero-order valence-corrected chi connectivity index (χ0v) is 15.0. The fourth-order valence-corrected chi connectivity index (χ4v) is 2.55. The van der Waals surface area contributed by atoms with Crippen LogP contribution in [0.25, 0.3) is 5.69 Å². The molecule has 1 aromatic carbocycles. The highest BCUT2D eigenvalue weighted by Gasteiger charge is 2.25. The van der Waals surface area contributed by atoms with E-state index in [1.807, 2.05) is 13.0 Å². The van der Waals surface area contributed by atoms with Crippen LogP contribution in [0, 0.1) is 13.8 Å². The van der Waals surface area contributed by atoms with Gasteiger partial charge in [0.05, 0.1) is 12.3 Å². The van der Waals surface area contributed by atoms with Gasteiger partial charge in [-0.05, 0) is 51.3 Å². The van der Waals surface area contributed by atoms with Gasteiger partial charge in [-0.1, -0.05) is 6.07 Å². The molecule has 0 bridgehead atoms. The monoisotopic (exact) mass is 358 g/mol. The number of hydrogen-bond donors (Lipinski definition) is 2. The van der Waals surface area contributed by atoms with Crippen LogP contribution < -0.4 is 15.8 Å². The first-order chi connectivity index (χ1) is 12.4. The average Bonchev–Trinajstić information content (AvgIpc) is 3.37. The topological polar surface area (TPSA) is 108 Å². The number of ether oxygens (including phenoxy) is 2. The van der Waals surface area contributed by atoms with Crippen LogP contribution in [0.3, 0.4) is 0 Å². The van der Waals surface area contributed by atoms with Crippen molar-refractivity contribution in [3.05, 3.63) is 35.0 Å². The summed E-state index contributed by atoms with van der Waals surface area (Å²) in [5.74, 6) is 0.188. The summed E-state index contributed by atoms with van der Waals surface area (Å²) in [5, 5.41) is 7.31. The molecule has 1 fully saturated rings. The lowest BCUT2D eigenvalue weighted by atomic mass is 10.1. The van der Waals surface area contributed by atoms with E-state index in [4.69, 9.17) is 15.2 Å². The van der Waals surface area contributed by atoms with Crippen LogP contribution in [0.1, 0.15) is 41.4 Å². The largest absolute Gasteiger partial charge is 0.514 e. The number of nitrogens with two attached hydrogens (primary N) is 1. The minimum Gasteiger partial charge on any atom is -0.434 e. The van der Waals surface area contributed by atoms with Gasteiger partial charge in [0.15, 0.2) is 11.6 Å². The Hall–Kier alpha value is -3.03. The smallest absolute Gasteiger partial charge is 0.434 e. The van der Waals surface area contributed by atoms with Gasteiger partial charge in [0.25, 0.3) is 5.91 Å². The molecule has 0 saturated heterocycles. The normalized spacial score (nSPS) is 13.3. The maximum atomic E-state index is 12.3. The summed E-state index contributed by atoms with van der Waals surface area (Å²) in [7, 11) is 0. The van der Waals surface area contributed by atoms with Crippen LogP contribution in [0.5, 0.6) is 5.75 Å². The van der Waals surface area contributed by atoms with Gasteiger partial charge < -0.3 is 20.5 Å². The Bertz CT molecular complexity index is 855. The molecule has 1 aliphatic carbocycles. The number of nitrogens with one attached hydrogen (secondary N) is 1. The van der Waals surface area contributed by atoms with Crippen molar-refractivity contribution >= 4 is 17.9 Å². The number of rotatable bonds is 5. The maximum absolute atomic E-state index is 12.3. The molecule has 0 radical (unpaired) electrons. The number of carbonyl (C=O) groups excluding carboxylic acids is 2. The molecule has 8 nitrogen and oxygen atoms in total. The highest BCUT2D eigenvalue weighted by molar-refractivity contribution is 5.95. The summed E-state index contributed by atoms with van der Waals surface area (Å²) >= 11 is 0. The summed E-state index contributed by atoms with van der Waals surface area (Å²) in [6.45, 7) is 5.45. The summed E-state index contributed by atoms with van der Waals surface area (Å²) in [5.41, 5.74) is 8.63. The van der Waals surface area contributed by atoms with Crippen molar-refractivity contribution in [3.63, 3.8) is 0 Å². The Kier molecular flexibility index (Phi) is 4.83. The molecule has 26 heavy (non-hydrogen) atoms. The molecule has 3 rings (SSSR count). The lowest BCUT2D eigenvalue weighted by Crippen LogP contribution is -2.25. The number of nitrogens with zero attached hydrogens (tertiary/aromatic N) is 2. The Morgan fingerprint density at radius 3 is 2.73 bits per heavy atom. The zero-order valence-electron chi connectivity index (χ0n) is 15.0. The number of carbonyl (C=O) groups is 2. The average molecular weight is 358 g/mol. The van der Waals surface area contributed by atoms with Crippen LogP contribution in [0.2, 0.25) is 0 Å². The van der Waals surface area contributed by atoms with E-state index < -0.39 is 6.16 Å². The molecular formula is C18H22N4O4. The predicted molar refractivity (Wildman–Crippen MR) is 95.6 cm³/mol. The molecule has 138 valence electrons. The number of hydrogen-bond acceptors (Lipinski definition) is 6. The van der Waals surface area contributed by atoms with Gasteiger partial charge in [0.2, 0.25) is 0 Å². The predicted octanol–water partition coefficient (Wildman–Crippen LogP) is 2.50. The molecule has 1 amide bonds. The van der Waals surface area contributed by atoms with Gasteiger partial charge in [-0.15, -0.1) is 0 Å². The third-order valence-corrected chi connectivity index (χ3v) is 4.10. The number of nitrogen functional groups attached to an aromatic ring is 1. The summed E-state index contributed by atoms with van der Waals surface area (Å²) in [6, 6.07) is 5.59. The highest BCUT2D eigenvalue weighted by atomic mass is 16.7. The first-order valence-corrected chi connectivity index (χ1v) is 8.52. The Labute approximate surface area is 151 Å². The fourth-order valence-electron chi connectivity index (χ4n) is 2.55. The lowest BCUT2D eigenvalue weighted by Gasteiger charge is -2.11. The van der Waals surface area contributed by atoms with Crippen molar-refractivity contribution in [3.8, 4) is 11.4 Å². The third-order valence-electron chi connectivity index (χ3n) is 4.10. The summed E-state index contributed by atoms with van der Waals surface area (Å²) in [6.07, 6.45) is 1.20. The van der Waals surface area contributed by atoms with E-state index in [-0.39, 0.29) is 30.1 Å². The number of aromatic nitrogens is 2. The minimum absolute atomic E-state index is 0.126. The summed E-state index contributed by atoms with van der Waals surface area (Å²) in [4.78, 5) is 23.9. The molecule has 1 aliphatic rings. The zero-order chi connectivity index (χ0) is 18.8. The second-order valence-corrected chi connectivity index (χ2v) is 6.25. The van der Waals surface area contributed by atoms with Gasteiger partial charge in [-0.3, -0.25) is 4.79 Å². The van der Waals surface area contributed by atoms with E-state index >= 15 is 0 Å². The fraction of sp³-hybridized carbons (Fsp3) is 0.389. The quantitative estimate of drug-likeness (QED) is 0.795. The molecule has 0 atom stereocenters. The molecule has 8 heteroatoms. The van der Waals surface area contributed by atoms with E-state index in [1.165, 1.54) is 4.68 Å². The molecule has 0 unspecified atom stereocenters. The van der Waals surface area contributed by atoms with Crippen molar-refractivity contribution in [2.45, 2.75) is 39.7 Å². The molecule has 3 N–H and O–H groups in total. The van der Waals surface area contributed by atoms with Crippen molar-refractivity contribution in [1.82, 2.24) is 15.1 Å². The van der Waals surface area contributed by atoms with Crippen LogP contribution in [0.4, 0.5) is 10.6 Å². The Morgan fingerprint density at radius 1 is 1.35 bits per heavy atom. The molecule has 1 heterocycles. The van der Waals surface area contributed by atoms with E-state index in [0.717, 1.165) is 18.4 Å². The number of anilines is 1. The van der Waals surface area contributed by atoms with Crippen molar-refractivity contribution in [2.24, 2.45) is 0 Å². The van der Waals surface area contributed by atoms with Gasteiger partial charge in [0, 0.05) is 11.6 Å². The molecule has 0 aliphatic heterocycles. The molecule has 1 saturated carbocycles. The van der Waals surface area contributed by atoms with Gasteiger partial charge >= 0.3 is 6.16 Å². The number of amides is 1. The SMILES string of the molecule is CCOC(=O)Oc1c(C)nn(-c2cc(C(=O)NC3CC3)ccc2C)c1N.